The molecule has 0 saturated carbocycles. The highest BCUT2D eigenvalue weighted by Crippen LogP contribution is 2.23. The number of carbonyl (C=O) groups excluding carboxylic acids is 1. The van der Waals surface area contributed by atoms with Gasteiger partial charge < -0.3 is 18.9 Å². The summed E-state index contributed by atoms with van der Waals surface area (Å²) >= 11 is 0. The van der Waals surface area contributed by atoms with E-state index in [0.29, 0.717) is 37.1 Å². The molecule has 2 aromatic carbocycles. The minimum absolute atomic E-state index is 0.0962. The lowest BCUT2D eigenvalue weighted by Crippen LogP contribution is -2.46. The standard InChI is InChI=1S/C31H32N4O4/c1-3-38-30(37)16-26-19-34(20-26)18-25-8-6-23(7-9-25)4-5-24-10-12-27(13-11-24)29-17-28(33-39-29)21-35-15-14-32-31(35)22(2)36/h6-15,17,22,26,36H,3,16,18-21H2,1-2H3/t22-/m0/s1. The van der Waals surface area contributed by atoms with Crippen molar-refractivity contribution in [2.24, 2.45) is 5.92 Å². The Labute approximate surface area is 228 Å². The third kappa shape index (κ3) is 6.82. The molecule has 0 unspecified atom stereocenters. The van der Waals surface area contributed by atoms with Crippen molar-refractivity contribution in [3.05, 3.63) is 95.2 Å². The molecule has 3 heterocycles. The molecule has 5 rings (SSSR count). The van der Waals surface area contributed by atoms with Gasteiger partial charge in [-0.3, -0.25) is 9.69 Å². The second-order valence-corrected chi connectivity index (χ2v) is 9.87. The molecule has 2 aromatic heterocycles. The lowest BCUT2D eigenvalue weighted by Gasteiger charge is -2.38. The summed E-state index contributed by atoms with van der Waals surface area (Å²) in [5, 5.41) is 14.0. The first-order valence-corrected chi connectivity index (χ1v) is 13.2. The van der Waals surface area contributed by atoms with Crippen molar-refractivity contribution in [1.82, 2.24) is 19.6 Å². The highest BCUT2D eigenvalue weighted by molar-refractivity contribution is 5.69. The van der Waals surface area contributed by atoms with E-state index in [1.54, 1.807) is 13.1 Å². The molecule has 200 valence electrons. The van der Waals surface area contributed by atoms with E-state index in [2.05, 4.69) is 39.0 Å². The van der Waals surface area contributed by atoms with Gasteiger partial charge in [0.25, 0.3) is 0 Å². The van der Waals surface area contributed by atoms with Gasteiger partial charge in [-0.2, -0.15) is 0 Å². The zero-order chi connectivity index (χ0) is 27.2. The van der Waals surface area contributed by atoms with E-state index in [1.807, 2.05) is 60.2 Å². The second kappa shape index (κ2) is 12.1. The van der Waals surface area contributed by atoms with E-state index >= 15 is 0 Å². The number of aromatic nitrogens is 3. The number of likely N-dealkylation sites (tertiary alicyclic amines) is 1. The molecule has 1 N–H and O–H groups in total. The summed E-state index contributed by atoms with van der Waals surface area (Å²) in [6.45, 7) is 7.18. The van der Waals surface area contributed by atoms with Gasteiger partial charge in [0, 0.05) is 54.8 Å². The Bertz CT molecular complexity index is 1450. The van der Waals surface area contributed by atoms with E-state index in [9.17, 15) is 9.90 Å². The molecular weight excluding hydrogens is 492 g/mol. The normalized spacial score (nSPS) is 14.3. The lowest BCUT2D eigenvalue weighted by molar-refractivity contribution is -0.145. The molecule has 1 atom stereocenters. The first kappa shape index (κ1) is 26.4. The maximum Gasteiger partial charge on any atom is 0.306 e. The summed E-state index contributed by atoms with van der Waals surface area (Å²) in [4.78, 5) is 18.1. The van der Waals surface area contributed by atoms with Crippen LogP contribution in [0.5, 0.6) is 0 Å². The summed E-state index contributed by atoms with van der Waals surface area (Å²) in [5.41, 5.74) is 4.78. The van der Waals surface area contributed by atoms with Crippen molar-refractivity contribution in [2.45, 2.75) is 39.5 Å². The van der Waals surface area contributed by atoms with Crippen molar-refractivity contribution in [1.29, 1.82) is 0 Å². The zero-order valence-electron chi connectivity index (χ0n) is 22.2. The molecule has 0 spiro atoms. The van der Waals surface area contributed by atoms with Gasteiger partial charge in [0.05, 0.1) is 19.6 Å². The Balaban J connectivity index is 1.13. The molecule has 8 nitrogen and oxygen atoms in total. The molecule has 1 aliphatic heterocycles. The molecule has 0 bridgehead atoms. The van der Waals surface area contributed by atoms with Crippen LogP contribution in [-0.4, -0.2) is 50.4 Å². The first-order valence-electron chi connectivity index (χ1n) is 13.2. The molecule has 39 heavy (non-hydrogen) atoms. The minimum Gasteiger partial charge on any atom is -0.466 e. The quantitative estimate of drug-likeness (QED) is 0.256. The average Bonchev–Trinajstić information content (AvgIpc) is 3.58. The Hall–Kier alpha value is -4.19. The van der Waals surface area contributed by atoms with Gasteiger partial charge >= 0.3 is 5.97 Å². The number of esters is 1. The van der Waals surface area contributed by atoms with Gasteiger partial charge in [0.2, 0.25) is 0 Å². The topological polar surface area (TPSA) is 93.6 Å². The lowest BCUT2D eigenvalue weighted by atomic mass is 9.95. The van der Waals surface area contributed by atoms with Crippen LogP contribution in [0.2, 0.25) is 0 Å². The molecule has 1 saturated heterocycles. The molecule has 1 aliphatic rings. The number of nitrogens with zero attached hydrogens (tertiary/aromatic N) is 4. The van der Waals surface area contributed by atoms with Gasteiger partial charge in [0.1, 0.15) is 17.6 Å². The van der Waals surface area contributed by atoms with E-state index < -0.39 is 6.10 Å². The third-order valence-corrected chi connectivity index (χ3v) is 6.69. The van der Waals surface area contributed by atoms with Gasteiger partial charge in [-0.05, 0) is 61.7 Å². The van der Waals surface area contributed by atoms with Gasteiger partial charge in [-0.1, -0.05) is 29.1 Å². The van der Waals surface area contributed by atoms with Crippen LogP contribution in [0.25, 0.3) is 11.3 Å². The fourth-order valence-electron chi connectivity index (χ4n) is 4.72. The highest BCUT2D eigenvalue weighted by atomic mass is 16.5. The van der Waals surface area contributed by atoms with E-state index in [4.69, 9.17) is 9.26 Å². The van der Waals surface area contributed by atoms with Gasteiger partial charge in [-0.25, -0.2) is 4.98 Å². The molecule has 0 amide bonds. The Morgan fingerprint density at radius 2 is 1.79 bits per heavy atom. The number of aliphatic hydroxyl groups excluding tert-OH is 1. The number of rotatable bonds is 9. The smallest absolute Gasteiger partial charge is 0.306 e. The summed E-state index contributed by atoms with van der Waals surface area (Å²) in [6.07, 6.45) is 3.34. The summed E-state index contributed by atoms with van der Waals surface area (Å²) < 4.78 is 12.4. The number of aliphatic hydroxyl groups is 1. The number of imidazole rings is 1. The second-order valence-electron chi connectivity index (χ2n) is 9.87. The van der Waals surface area contributed by atoms with E-state index in [1.165, 1.54) is 5.56 Å². The van der Waals surface area contributed by atoms with Crippen LogP contribution < -0.4 is 0 Å². The predicted octanol–water partition coefficient (Wildman–Crippen LogP) is 4.42. The van der Waals surface area contributed by atoms with Crippen molar-refractivity contribution in [3.63, 3.8) is 0 Å². The monoisotopic (exact) mass is 524 g/mol. The fraction of sp³-hybridized carbons (Fsp3) is 0.323. The summed E-state index contributed by atoms with van der Waals surface area (Å²) in [7, 11) is 0. The molecule has 1 fully saturated rings. The number of hydrogen-bond donors (Lipinski definition) is 1. The number of ether oxygens (including phenoxy) is 1. The zero-order valence-corrected chi connectivity index (χ0v) is 22.2. The average molecular weight is 525 g/mol. The van der Waals surface area contributed by atoms with Crippen LogP contribution >= 0.6 is 0 Å². The molecule has 4 aromatic rings. The van der Waals surface area contributed by atoms with E-state index in [-0.39, 0.29) is 5.97 Å². The van der Waals surface area contributed by atoms with Crippen LogP contribution in [0.4, 0.5) is 0 Å². The van der Waals surface area contributed by atoms with Crippen LogP contribution in [0, 0.1) is 17.8 Å². The Morgan fingerprint density at radius 3 is 2.46 bits per heavy atom. The summed E-state index contributed by atoms with van der Waals surface area (Å²) in [5.74, 6) is 8.03. The first-order chi connectivity index (χ1) is 19.0. The number of carbonyl (C=O) groups is 1. The molecule has 8 heteroatoms. The molecule has 0 aliphatic carbocycles. The maximum atomic E-state index is 11.6. The Kier molecular flexibility index (Phi) is 8.21. The largest absolute Gasteiger partial charge is 0.466 e. The van der Waals surface area contributed by atoms with Crippen molar-refractivity contribution in [3.8, 4) is 23.2 Å². The maximum absolute atomic E-state index is 11.6. The Morgan fingerprint density at radius 1 is 1.10 bits per heavy atom. The molecular formula is C31H32N4O4. The predicted molar refractivity (Wildman–Crippen MR) is 146 cm³/mol. The van der Waals surface area contributed by atoms with Gasteiger partial charge in [-0.15, -0.1) is 0 Å². The number of hydrogen-bond acceptors (Lipinski definition) is 7. The highest BCUT2D eigenvalue weighted by Gasteiger charge is 2.28. The van der Waals surface area contributed by atoms with E-state index in [0.717, 1.165) is 42.0 Å². The fourth-order valence-corrected chi connectivity index (χ4v) is 4.72. The van der Waals surface area contributed by atoms with Crippen molar-refractivity contribution < 1.29 is 19.2 Å². The van der Waals surface area contributed by atoms with Crippen LogP contribution in [0.3, 0.4) is 0 Å². The SMILES string of the molecule is CCOC(=O)CC1CN(Cc2ccc(C#Cc3ccc(-c4cc(Cn5ccnc5[C@H](C)O)no4)cc3)cc2)C1. The van der Waals surface area contributed by atoms with Crippen molar-refractivity contribution >= 4 is 5.97 Å². The third-order valence-electron chi connectivity index (χ3n) is 6.69. The van der Waals surface area contributed by atoms with Crippen molar-refractivity contribution in [2.75, 3.05) is 19.7 Å². The minimum atomic E-state index is -0.651. The number of benzene rings is 2. The summed E-state index contributed by atoms with van der Waals surface area (Å²) in [6, 6.07) is 18.1. The van der Waals surface area contributed by atoms with Crippen LogP contribution in [0.15, 0.2) is 71.5 Å². The van der Waals surface area contributed by atoms with Crippen LogP contribution in [-0.2, 0) is 22.6 Å². The van der Waals surface area contributed by atoms with Crippen LogP contribution in [0.1, 0.15) is 54.6 Å². The molecule has 0 radical (unpaired) electrons. The van der Waals surface area contributed by atoms with Gasteiger partial charge in [0.15, 0.2) is 5.76 Å².